The topological polar surface area (TPSA) is 29.1 Å². The molecule has 0 spiro atoms. The quantitative estimate of drug-likeness (QED) is 0.625. The number of benzene rings is 1. The molecule has 1 aromatic carbocycles. The summed E-state index contributed by atoms with van der Waals surface area (Å²) in [5.41, 5.74) is 0.817. The van der Waals surface area contributed by atoms with Gasteiger partial charge in [-0.3, -0.25) is 4.79 Å². The fourth-order valence-corrected chi connectivity index (χ4v) is 1.94. The van der Waals surface area contributed by atoms with E-state index in [4.69, 9.17) is 6.42 Å². The van der Waals surface area contributed by atoms with Crippen LogP contribution >= 0.6 is 11.8 Å². The summed E-state index contributed by atoms with van der Waals surface area (Å²) >= 11 is 1.56. The summed E-state index contributed by atoms with van der Waals surface area (Å²) in [4.78, 5) is 12.0. The van der Waals surface area contributed by atoms with Gasteiger partial charge in [0.05, 0.1) is 10.9 Å². The third-order valence-corrected chi connectivity index (χ3v) is 2.84. The zero-order valence-corrected chi connectivity index (χ0v) is 9.60. The van der Waals surface area contributed by atoms with Crippen molar-refractivity contribution in [1.82, 2.24) is 0 Å². The van der Waals surface area contributed by atoms with Gasteiger partial charge in [0.2, 0.25) is 5.91 Å². The molecule has 1 N–H and O–H groups in total. The van der Waals surface area contributed by atoms with Crippen molar-refractivity contribution in [2.24, 2.45) is 0 Å². The Morgan fingerprint density at radius 2 is 2.20 bits per heavy atom. The van der Waals surface area contributed by atoms with Crippen LogP contribution in [0.1, 0.15) is 13.8 Å². The molecule has 0 aliphatic carbocycles. The first-order chi connectivity index (χ1) is 7.13. The van der Waals surface area contributed by atoms with Crippen molar-refractivity contribution in [3.05, 3.63) is 24.3 Å². The van der Waals surface area contributed by atoms with E-state index in [-0.39, 0.29) is 11.2 Å². The molecule has 0 saturated heterocycles. The molecule has 1 atom stereocenters. The molecular weight excluding hydrogens is 206 g/mol. The second kappa shape index (κ2) is 5.47. The van der Waals surface area contributed by atoms with Crippen LogP contribution in [0.2, 0.25) is 0 Å². The fourth-order valence-electron chi connectivity index (χ4n) is 1.09. The van der Waals surface area contributed by atoms with Crippen LogP contribution in [0.15, 0.2) is 29.2 Å². The highest BCUT2D eigenvalue weighted by Crippen LogP contribution is 2.29. The zero-order chi connectivity index (χ0) is 11.3. The highest BCUT2D eigenvalue weighted by molar-refractivity contribution is 8.00. The first kappa shape index (κ1) is 11.7. The van der Waals surface area contributed by atoms with Crippen molar-refractivity contribution < 1.29 is 4.79 Å². The molecule has 1 rings (SSSR count). The number of thioether (sulfide) groups is 1. The maximum absolute atomic E-state index is 11.0. The van der Waals surface area contributed by atoms with E-state index in [0.29, 0.717) is 0 Å². The van der Waals surface area contributed by atoms with E-state index in [1.807, 2.05) is 31.2 Å². The minimum atomic E-state index is -0.0728. The van der Waals surface area contributed by atoms with Gasteiger partial charge >= 0.3 is 0 Å². The van der Waals surface area contributed by atoms with Gasteiger partial charge in [-0.15, -0.1) is 18.2 Å². The standard InChI is InChI=1S/C12H13NOS/c1-4-9(2)15-12-8-6-5-7-11(12)13-10(3)14/h1,5-9H,2-3H3,(H,13,14). The van der Waals surface area contributed by atoms with Gasteiger partial charge in [-0.2, -0.15) is 0 Å². The van der Waals surface area contributed by atoms with Gasteiger partial charge in [0.25, 0.3) is 0 Å². The zero-order valence-electron chi connectivity index (χ0n) is 8.78. The third-order valence-electron chi connectivity index (χ3n) is 1.74. The SMILES string of the molecule is C#CC(C)Sc1ccccc1NC(C)=O. The maximum atomic E-state index is 11.0. The lowest BCUT2D eigenvalue weighted by Gasteiger charge is -2.10. The number of rotatable bonds is 3. The average Bonchev–Trinajstić information content (AvgIpc) is 2.20. The molecule has 3 heteroatoms. The van der Waals surface area contributed by atoms with Crippen LogP contribution in [0.5, 0.6) is 0 Å². The molecule has 0 aliphatic heterocycles. The van der Waals surface area contributed by atoms with E-state index >= 15 is 0 Å². The number of amides is 1. The van der Waals surface area contributed by atoms with E-state index in [2.05, 4.69) is 11.2 Å². The lowest BCUT2D eigenvalue weighted by Crippen LogP contribution is -2.07. The molecule has 1 aromatic rings. The number of anilines is 1. The number of hydrogen-bond donors (Lipinski definition) is 1. The van der Waals surface area contributed by atoms with E-state index < -0.39 is 0 Å². The number of nitrogens with one attached hydrogen (secondary N) is 1. The Labute approximate surface area is 94.5 Å². The monoisotopic (exact) mass is 219 g/mol. The summed E-state index contributed by atoms with van der Waals surface area (Å²) < 4.78 is 0. The second-order valence-electron chi connectivity index (χ2n) is 3.10. The van der Waals surface area contributed by atoms with Crippen LogP contribution in [-0.4, -0.2) is 11.2 Å². The minimum absolute atomic E-state index is 0.0728. The van der Waals surface area contributed by atoms with Crippen LogP contribution in [0.4, 0.5) is 5.69 Å². The van der Waals surface area contributed by atoms with E-state index in [0.717, 1.165) is 10.6 Å². The second-order valence-corrected chi connectivity index (χ2v) is 4.49. The first-order valence-electron chi connectivity index (χ1n) is 4.63. The van der Waals surface area contributed by atoms with Gasteiger partial charge in [0.1, 0.15) is 0 Å². The van der Waals surface area contributed by atoms with Gasteiger partial charge < -0.3 is 5.32 Å². The molecular formula is C12H13NOS. The molecule has 78 valence electrons. The van der Waals surface area contributed by atoms with E-state index in [9.17, 15) is 4.79 Å². The normalized spacial score (nSPS) is 11.5. The first-order valence-corrected chi connectivity index (χ1v) is 5.51. The van der Waals surface area contributed by atoms with E-state index in [1.54, 1.807) is 11.8 Å². The van der Waals surface area contributed by atoms with Gasteiger partial charge in [-0.1, -0.05) is 18.1 Å². The highest BCUT2D eigenvalue weighted by Gasteiger charge is 2.06. The highest BCUT2D eigenvalue weighted by atomic mass is 32.2. The Hall–Kier alpha value is -1.40. The fraction of sp³-hybridized carbons (Fsp3) is 0.250. The molecule has 2 nitrogen and oxygen atoms in total. The summed E-state index contributed by atoms with van der Waals surface area (Å²) in [7, 11) is 0. The van der Waals surface area contributed by atoms with Crippen LogP contribution in [0, 0.1) is 12.3 Å². The van der Waals surface area contributed by atoms with Crippen LogP contribution in [-0.2, 0) is 4.79 Å². The van der Waals surface area contributed by atoms with Crippen molar-refractivity contribution in [3.63, 3.8) is 0 Å². The number of carbonyl (C=O) groups excluding carboxylic acids is 1. The number of para-hydroxylation sites is 1. The molecule has 1 unspecified atom stereocenters. The molecule has 0 fully saturated rings. The third kappa shape index (κ3) is 3.69. The smallest absolute Gasteiger partial charge is 0.221 e. The number of terminal acetylenes is 1. The Morgan fingerprint density at radius 3 is 2.80 bits per heavy atom. The van der Waals surface area contributed by atoms with Crippen molar-refractivity contribution in [2.75, 3.05) is 5.32 Å². The molecule has 0 aliphatic rings. The summed E-state index contributed by atoms with van der Waals surface area (Å²) in [5.74, 6) is 2.57. The van der Waals surface area contributed by atoms with E-state index in [1.165, 1.54) is 6.92 Å². The molecule has 0 aromatic heterocycles. The maximum Gasteiger partial charge on any atom is 0.221 e. The van der Waals surface area contributed by atoms with Gasteiger partial charge in [0.15, 0.2) is 0 Å². The number of hydrogen-bond acceptors (Lipinski definition) is 2. The molecule has 15 heavy (non-hydrogen) atoms. The summed E-state index contributed by atoms with van der Waals surface area (Å²) in [6.45, 7) is 3.45. The van der Waals surface area contributed by atoms with Crippen molar-refractivity contribution in [1.29, 1.82) is 0 Å². The summed E-state index contributed by atoms with van der Waals surface area (Å²) in [6, 6.07) is 7.63. The molecule has 0 radical (unpaired) electrons. The van der Waals surface area contributed by atoms with Gasteiger partial charge in [0, 0.05) is 11.8 Å². The number of carbonyl (C=O) groups is 1. The summed E-state index contributed by atoms with van der Waals surface area (Å²) in [5, 5.41) is 2.87. The van der Waals surface area contributed by atoms with Crippen LogP contribution in [0.3, 0.4) is 0 Å². The largest absolute Gasteiger partial charge is 0.325 e. The van der Waals surface area contributed by atoms with Crippen molar-refractivity contribution >= 4 is 23.4 Å². The van der Waals surface area contributed by atoms with Crippen molar-refractivity contribution in [2.45, 2.75) is 24.0 Å². The Bertz CT molecular complexity index is 395. The van der Waals surface area contributed by atoms with Gasteiger partial charge in [-0.05, 0) is 19.1 Å². The van der Waals surface area contributed by atoms with Gasteiger partial charge in [-0.25, -0.2) is 0 Å². The molecule has 0 saturated carbocycles. The lowest BCUT2D eigenvalue weighted by molar-refractivity contribution is -0.114. The Kier molecular flexibility index (Phi) is 4.26. The van der Waals surface area contributed by atoms with Crippen LogP contribution < -0.4 is 5.32 Å². The predicted molar refractivity (Wildman–Crippen MR) is 64.9 cm³/mol. The molecule has 0 heterocycles. The Balaban J connectivity index is 2.87. The summed E-state index contributed by atoms with van der Waals surface area (Å²) in [6.07, 6.45) is 5.31. The predicted octanol–water partition coefficient (Wildman–Crippen LogP) is 2.76. The minimum Gasteiger partial charge on any atom is -0.325 e. The molecule has 0 bridgehead atoms. The van der Waals surface area contributed by atoms with Crippen LogP contribution in [0.25, 0.3) is 0 Å². The lowest BCUT2D eigenvalue weighted by atomic mass is 10.3. The average molecular weight is 219 g/mol. The Morgan fingerprint density at radius 1 is 1.53 bits per heavy atom. The van der Waals surface area contributed by atoms with Crippen molar-refractivity contribution in [3.8, 4) is 12.3 Å². The molecule has 1 amide bonds.